The molecular weight excluding hydrogens is 458 g/mol. The van der Waals surface area contributed by atoms with Crippen LogP contribution in [-0.2, 0) is 14.3 Å². The minimum Gasteiger partial charge on any atom is -0.466 e. The van der Waals surface area contributed by atoms with E-state index in [0.717, 1.165) is 33.0 Å². The fourth-order valence-corrected chi connectivity index (χ4v) is 5.02. The number of esters is 1. The smallest absolute Gasteiger partial charge is 0.328 e. The van der Waals surface area contributed by atoms with Crippen molar-refractivity contribution in [3.63, 3.8) is 0 Å². The Morgan fingerprint density at radius 1 is 1.06 bits per heavy atom. The SMILES string of the molecule is CCOC(=O)CCN1C(=O)C2C(N=C3N(c4cc(C)cc(C)c4)C(c4ccccc4)=CN32)N(C)C1=O. The minimum absolute atomic E-state index is 0.0384. The second-order valence-electron chi connectivity index (χ2n) is 9.19. The van der Waals surface area contributed by atoms with Gasteiger partial charge in [-0.3, -0.25) is 24.3 Å². The van der Waals surface area contributed by atoms with Crippen molar-refractivity contribution in [2.24, 2.45) is 4.99 Å². The Labute approximate surface area is 210 Å². The molecule has 1 saturated heterocycles. The van der Waals surface area contributed by atoms with E-state index in [0.29, 0.717) is 5.96 Å². The van der Waals surface area contributed by atoms with Gasteiger partial charge in [-0.2, -0.15) is 0 Å². The molecule has 0 radical (unpaired) electrons. The molecule has 3 amide bonds. The number of hydrogen-bond donors (Lipinski definition) is 0. The van der Waals surface area contributed by atoms with Crippen molar-refractivity contribution in [2.75, 3.05) is 25.1 Å². The summed E-state index contributed by atoms with van der Waals surface area (Å²) in [5.74, 6) is -0.231. The van der Waals surface area contributed by atoms with Gasteiger partial charge in [-0.1, -0.05) is 36.4 Å². The van der Waals surface area contributed by atoms with Crippen LogP contribution < -0.4 is 4.90 Å². The number of benzene rings is 2. The zero-order valence-corrected chi connectivity index (χ0v) is 20.8. The quantitative estimate of drug-likeness (QED) is 0.581. The molecular formula is C27H29N5O4. The zero-order valence-electron chi connectivity index (χ0n) is 20.8. The van der Waals surface area contributed by atoms with Gasteiger partial charge in [0.1, 0.15) is 0 Å². The molecule has 186 valence electrons. The van der Waals surface area contributed by atoms with Crippen molar-refractivity contribution in [3.05, 3.63) is 71.4 Å². The molecule has 0 N–H and O–H groups in total. The van der Waals surface area contributed by atoms with Gasteiger partial charge in [0.25, 0.3) is 5.91 Å². The molecule has 0 bridgehead atoms. The summed E-state index contributed by atoms with van der Waals surface area (Å²) in [5.41, 5.74) is 5.03. The number of aliphatic imine (C=N–C) groups is 1. The number of imide groups is 1. The Morgan fingerprint density at radius 3 is 2.42 bits per heavy atom. The topological polar surface area (TPSA) is 85.8 Å². The van der Waals surface area contributed by atoms with Crippen molar-refractivity contribution in [3.8, 4) is 0 Å². The van der Waals surface area contributed by atoms with Gasteiger partial charge >= 0.3 is 12.0 Å². The number of aryl methyl sites for hydroxylation is 2. The van der Waals surface area contributed by atoms with Crippen LogP contribution in [0.15, 0.2) is 59.7 Å². The molecule has 5 rings (SSSR count). The Morgan fingerprint density at radius 2 is 1.75 bits per heavy atom. The van der Waals surface area contributed by atoms with Crippen molar-refractivity contribution >= 4 is 35.3 Å². The largest absolute Gasteiger partial charge is 0.466 e. The third kappa shape index (κ3) is 3.90. The van der Waals surface area contributed by atoms with Crippen LogP contribution in [-0.4, -0.2) is 71.0 Å². The van der Waals surface area contributed by atoms with E-state index in [1.807, 2.05) is 60.2 Å². The van der Waals surface area contributed by atoms with Gasteiger partial charge in [0.05, 0.1) is 18.7 Å². The lowest BCUT2D eigenvalue weighted by Crippen LogP contribution is -2.64. The van der Waals surface area contributed by atoms with Crippen LogP contribution in [0, 0.1) is 13.8 Å². The number of urea groups is 1. The van der Waals surface area contributed by atoms with Crippen LogP contribution in [0.4, 0.5) is 10.5 Å². The van der Waals surface area contributed by atoms with Gasteiger partial charge in [0, 0.05) is 31.0 Å². The van der Waals surface area contributed by atoms with Gasteiger partial charge in [0.15, 0.2) is 12.2 Å². The van der Waals surface area contributed by atoms with Gasteiger partial charge in [-0.05, 0) is 44.0 Å². The highest BCUT2D eigenvalue weighted by molar-refractivity contribution is 6.16. The van der Waals surface area contributed by atoms with Crippen molar-refractivity contribution < 1.29 is 19.1 Å². The van der Waals surface area contributed by atoms with E-state index in [2.05, 4.69) is 18.2 Å². The number of carbonyl (C=O) groups is 3. The number of guanidine groups is 1. The van der Waals surface area contributed by atoms with Crippen molar-refractivity contribution in [2.45, 2.75) is 39.4 Å². The van der Waals surface area contributed by atoms with E-state index in [9.17, 15) is 14.4 Å². The van der Waals surface area contributed by atoms with Crippen molar-refractivity contribution in [1.29, 1.82) is 0 Å². The fourth-order valence-electron chi connectivity index (χ4n) is 5.02. The summed E-state index contributed by atoms with van der Waals surface area (Å²) in [6.07, 6.45) is 1.21. The Balaban J connectivity index is 1.54. The molecule has 0 spiro atoms. The molecule has 2 atom stereocenters. The molecule has 36 heavy (non-hydrogen) atoms. The van der Waals surface area contributed by atoms with E-state index in [1.54, 1.807) is 14.0 Å². The second kappa shape index (κ2) is 9.14. The maximum Gasteiger partial charge on any atom is 0.328 e. The molecule has 3 aliphatic heterocycles. The zero-order chi connectivity index (χ0) is 25.6. The number of anilines is 1. The Hall–Kier alpha value is -4.14. The van der Waals surface area contributed by atoms with Crippen LogP contribution in [0.1, 0.15) is 30.0 Å². The van der Waals surface area contributed by atoms with Gasteiger partial charge in [-0.25, -0.2) is 9.79 Å². The monoisotopic (exact) mass is 487 g/mol. The minimum atomic E-state index is -0.723. The summed E-state index contributed by atoms with van der Waals surface area (Å²) >= 11 is 0. The first-order valence-corrected chi connectivity index (χ1v) is 12.1. The molecule has 2 aromatic rings. The van der Waals surface area contributed by atoms with Crippen molar-refractivity contribution in [1.82, 2.24) is 14.7 Å². The van der Waals surface area contributed by atoms with E-state index in [4.69, 9.17) is 9.73 Å². The van der Waals surface area contributed by atoms with Gasteiger partial charge in [-0.15, -0.1) is 0 Å². The first kappa shape index (κ1) is 23.6. The third-order valence-electron chi connectivity index (χ3n) is 6.59. The predicted molar refractivity (Wildman–Crippen MR) is 136 cm³/mol. The number of likely N-dealkylation sites (N-methyl/N-ethyl adjacent to an activating group) is 1. The van der Waals surface area contributed by atoms with E-state index >= 15 is 0 Å². The highest BCUT2D eigenvalue weighted by atomic mass is 16.5. The maximum atomic E-state index is 13.6. The summed E-state index contributed by atoms with van der Waals surface area (Å²) < 4.78 is 4.98. The normalized spacial score (nSPS) is 20.9. The van der Waals surface area contributed by atoms with Crippen LogP contribution in [0.5, 0.6) is 0 Å². The summed E-state index contributed by atoms with van der Waals surface area (Å²) in [4.78, 5) is 50.0. The summed E-state index contributed by atoms with van der Waals surface area (Å²) in [6, 6.07) is 15.0. The van der Waals surface area contributed by atoms with Gasteiger partial charge < -0.3 is 9.64 Å². The Kier molecular flexibility index (Phi) is 5.99. The van der Waals surface area contributed by atoms with Crippen LogP contribution in [0.3, 0.4) is 0 Å². The summed E-state index contributed by atoms with van der Waals surface area (Å²) in [7, 11) is 1.64. The summed E-state index contributed by atoms with van der Waals surface area (Å²) in [6.45, 7) is 6.02. The third-order valence-corrected chi connectivity index (χ3v) is 6.59. The molecule has 2 unspecified atom stereocenters. The molecule has 0 aliphatic carbocycles. The lowest BCUT2D eigenvalue weighted by atomic mass is 10.1. The second-order valence-corrected chi connectivity index (χ2v) is 9.19. The number of fused-ring (bicyclic) bond motifs is 3. The first-order valence-electron chi connectivity index (χ1n) is 12.1. The van der Waals surface area contributed by atoms with Crippen LogP contribution in [0.2, 0.25) is 0 Å². The van der Waals surface area contributed by atoms with Crippen LogP contribution >= 0.6 is 0 Å². The van der Waals surface area contributed by atoms with E-state index < -0.39 is 24.2 Å². The maximum absolute atomic E-state index is 13.6. The number of nitrogens with zero attached hydrogens (tertiary/aromatic N) is 5. The molecule has 2 aromatic carbocycles. The van der Waals surface area contributed by atoms with E-state index in [1.165, 1.54) is 4.90 Å². The average Bonchev–Trinajstić information content (AvgIpc) is 3.39. The lowest BCUT2D eigenvalue weighted by Gasteiger charge is -2.40. The molecule has 9 heteroatoms. The lowest BCUT2D eigenvalue weighted by molar-refractivity contribution is -0.144. The Bertz CT molecular complexity index is 1270. The molecule has 3 heterocycles. The molecule has 1 fully saturated rings. The van der Waals surface area contributed by atoms with Crippen LogP contribution in [0.25, 0.3) is 5.70 Å². The number of ether oxygens (including phenoxy) is 1. The predicted octanol–water partition coefficient (Wildman–Crippen LogP) is 3.34. The number of carbonyl (C=O) groups excluding carboxylic acids is 3. The molecule has 3 aliphatic rings. The van der Waals surface area contributed by atoms with Gasteiger partial charge in [0.2, 0.25) is 5.96 Å². The summed E-state index contributed by atoms with van der Waals surface area (Å²) in [5, 5.41) is 0. The first-order chi connectivity index (χ1) is 17.3. The number of hydrogen-bond acceptors (Lipinski definition) is 7. The fraction of sp³-hybridized carbons (Fsp3) is 0.333. The number of rotatable bonds is 6. The standard InChI is InChI=1S/C27H29N5O4/c1-5-36-22(33)11-12-30-25(34)23-24(29(4)27(30)35)28-26-31(23)16-21(19-9-7-6-8-10-19)32(26)20-14-17(2)13-18(3)15-20/h6-10,13-16,23-24H,5,11-12H2,1-4H3. The number of amides is 3. The highest BCUT2D eigenvalue weighted by Gasteiger charge is 2.54. The highest BCUT2D eigenvalue weighted by Crippen LogP contribution is 2.40. The van der Waals surface area contributed by atoms with E-state index in [-0.39, 0.29) is 25.5 Å². The molecule has 9 nitrogen and oxygen atoms in total. The molecule has 0 aromatic heterocycles. The average molecular weight is 488 g/mol. The molecule has 0 saturated carbocycles.